The van der Waals surface area contributed by atoms with Crippen LogP contribution in [0.15, 0.2) is 23.0 Å². The molecule has 0 fully saturated rings. The van der Waals surface area contributed by atoms with Crippen LogP contribution in [0.5, 0.6) is 5.75 Å². The average Bonchev–Trinajstić information content (AvgIpc) is 2.50. The molecule has 1 heterocycles. The molecule has 0 aliphatic rings. The molecule has 0 saturated heterocycles. The molecular weight excluding hydrogens is 373 g/mol. The molecule has 148 valence electrons. The van der Waals surface area contributed by atoms with Gasteiger partial charge < -0.3 is 20.8 Å². The zero-order valence-electron chi connectivity index (χ0n) is 16.0. The summed E-state index contributed by atoms with van der Waals surface area (Å²) in [5.74, 6) is 0.692. The Morgan fingerprint density at radius 1 is 1.15 bits per heavy atom. The molecular formula is C19H31Cl2N3O2. The zero-order valence-corrected chi connectivity index (χ0v) is 17.6. The molecule has 0 bridgehead atoms. The molecule has 0 unspecified atom stereocenters. The van der Waals surface area contributed by atoms with Crippen LogP contribution in [0.2, 0.25) is 0 Å². The van der Waals surface area contributed by atoms with E-state index in [0.717, 1.165) is 23.9 Å². The number of nitrogen functional groups attached to an aromatic ring is 1. The van der Waals surface area contributed by atoms with Crippen molar-refractivity contribution in [1.29, 1.82) is 0 Å². The molecule has 0 aliphatic carbocycles. The normalized spacial score (nSPS) is 11.0. The first-order chi connectivity index (χ1) is 11.3. The summed E-state index contributed by atoms with van der Waals surface area (Å²) in [4.78, 5) is 13.0. The van der Waals surface area contributed by atoms with Crippen LogP contribution in [0.3, 0.4) is 0 Å². The lowest BCUT2D eigenvalue weighted by Gasteiger charge is -2.25. The van der Waals surface area contributed by atoms with E-state index >= 15 is 0 Å². The fraction of sp³-hybridized carbons (Fsp3) is 0.526. The van der Waals surface area contributed by atoms with Gasteiger partial charge >= 0.3 is 0 Å². The van der Waals surface area contributed by atoms with Crippen molar-refractivity contribution >= 4 is 41.3 Å². The third kappa shape index (κ3) is 5.53. The maximum atomic E-state index is 13.0. The number of halogens is 2. The Hall–Kier alpha value is -1.43. The summed E-state index contributed by atoms with van der Waals surface area (Å²) in [7, 11) is 0. The predicted octanol–water partition coefficient (Wildman–Crippen LogP) is 4.11. The Labute approximate surface area is 167 Å². The van der Waals surface area contributed by atoms with E-state index < -0.39 is 0 Å². The zero-order chi connectivity index (χ0) is 17.9. The molecule has 4 N–H and O–H groups in total. The summed E-state index contributed by atoms with van der Waals surface area (Å²) in [6.07, 6.45) is 1.99. The average molecular weight is 404 g/mol. The third-order valence-electron chi connectivity index (χ3n) is 3.92. The van der Waals surface area contributed by atoms with Crippen molar-refractivity contribution in [2.24, 2.45) is 11.1 Å². The molecule has 2 aromatic rings. The predicted molar refractivity (Wildman–Crippen MR) is 115 cm³/mol. The van der Waals surface area contributed by atoms with Gasteiger partial charge in [0.25, 0.3) is 5.56 Å². The van der Waals surface area contributed by atoms with Gasteiger partial charge in [0.2, 0.25) is 0 Å². The summed E-state index contributed by atoms with van der Waals surface area (Å²) in [5, 5.41) is 1.37. The number of ether oxygens (including phenoxy) is 1. The van der Waals surface area contributed by atoms with E-state index in [1.54, 1.807) is 22.8 Å². The van der Waals surface area contributed by atoms with E-state index in [0.29, 0.717) is 30.0 Å². The first kappa shape index (κ1) is 24.6. The molecule has 0 amide bonds. The van der Waals surface area contributed by atoms with E-state index in [9.17, 15) is 4.79 Å². The number of anilines is 1. The first-order valence-electron chi connectivity index (χ1n) is 8.56. The molecule has 26 heavy (non-hydrogen) atoms. The molecule has 2 rings (SSSR count). The van der Waals surface area contributed by atoms with Gasteiger partial charge in [-0.25, -0.2) is 0 Å². The van der Waals surface area contributed by atoms with Crippen molar-refractivity contribution < 1.29 is 4.74 Å². The quantitative estimate of drug-likeness (QED) is 0.561. The second-order valence-electron chi connectivity index (χ2n) is 7.44. The largest absolute Gasteiger partial charge is 0.491 e. The van der Waals surface area contributed by atoms with Gasteiger partial charge in [-0.2, -0.15) is 0 Å². The van der Waals surface area contributed by atoms with Crippen LogP contribution in [0, 0.1) is 5.41 Å². The Morgan fingerprint density at radius 3 is 2.35 bits per heavy atom. The van der Waals surface area contributed by atoms with Gasteiger partial charge in [-0.15, -0.1) is 24.8 Å². The van der Waals surface area contributed by atoms with E-state index in [1.807, 2.05) is 0 Å². The Kier molecular flexibility index (Phi) is 9.49. The van der Waals surface area contributed by atoms with Crippen molar-refractivity contribution in [3.63, 3.8) is 0 Å². The summed E-state index contributed by atoms with van der Waals surface area (Å²) in [6.45, 7) is 9.85. The van der Waals surface area contributed by atoms with Gasteiger partial charge in [-0.3, -0.25) is 4.79 Å². The maximum absolute atomic E-state index is 13.0. The van der Waals surface area contributed by atoms with Gasteiger partial charge in [-0.05, 0) is 30.0 Å². The summed E-state index contributed by atoms with van der Waals surface area (Å²) < 4.78 is 7.82. The lowest BCUT2D eigenvalue weighted by molar-refractivity contribution is 0.295. The third-order valence-corrected chi connectivity index (χ3v) is 3.92. The Balaban J connectivity index is 0.00000312. The van der Waals surface area contributed by atoms with Gasteiger partial charge in [0, 0.05) is 24.2 Å². The van der Waals surface area contributed by atoms with Crippen LogP contribution in [0.1, 0.15) is 46.2 Å². The Bertz CT molecular complexity index is 783. The number of unbranched alkanes of at least 4 members (excludes halogenated alkanes) is 1. The van der Waals surface area contributed by atoms with E-state index in [2.05, 4.69) is 27.7 Å². The van der Waals surface area contributed by atoms with Gasteiger partial charge in [-0.1, -0.05) is 34.1 Å². The van der Waals surface area contributed by atoms with Gasteiger partial charge in [0.05, 0.1) is 17.7 Å². The lowest BCUT2D eigenvalue weighted by Crippen LogP contribution is -2.31. The molecule has 5 nitrogen and oxygen atoms in total. The van der Waals surface area contributed by atoms with Crippen LogP contribution < -0.4 is 21.8 Å². The fourth-order valence-corrected chi connectivity index (χ4v) is 2.81. The SMILES string of the molecule is CCCCOc1c(CN)n(CC(C)(C)C)c(=O)c2ccc(N)cc12.Cl.Cl. The van der Waals surface area contributed by atoms with Crippen LogP contribution in [0.4, 0.5) is 5.69 Å². The maximum Gasteiger partial charge on any atom is 0.258 e. The number of nitrogens with zero attached hydrogens (tertiary/aromatic N) is 1. The smallest absolute Gasteiger partial charge is 0.258 e. The van der Waals surface area contributed by atoms with E-state index in [1.165, 1.54) is 0 Å². The number of nitrogens with two attached hydrogens (primary N) is 2. The number of pyridine rings is 1. The van der Waals surface area contributed by atoms with Crippen molar-refractivity contribution in [3.8, 4) is 5.75 Å². The Morgan fingerprint density at radius 2 is 1.81 bits per heavy atom. The van der Waals surface area contributed by atoms with Crippen LogP contribution in [0.25, 0.3) is 10.8 Å². The van der Waals surface area contributed by atoms with Crippen molar-refractivity contribution in [2.45, 2.75) is 53.6 Å². The number of hydrogen-bond acceptors (Lipinski definition) is 4. The molecule has 7 heteroatoms. The number of rotatable bonds is 6. The van der Waals surface area contributed by atoms with Crippen LogP contribution in [-0.2, 0) is 13.1 Å². The van der Waals surface area contributed by atoms with Crippen molar-refractivity contribution in [2.75, 3.05) is 12.3 Å². The number of benzene rings is 1. The molecule has 0 atom stereocenters. The number of fused-ring (bicyclic) bond motifs is 1. The minimum atomic E-state index is -0.0457. The highest BCUT2D eigenvalue weighted by Gasteiger charge is 2.21. The molecule has 1 aromatic heterocycles. The molecule has 0 spiro atoms. The minimum Gasteiger partial charge on any atom is -0.491 e. The highest BCUT2D eigenvalue weighted by atomic mass is 35.5. The first-order valence-corrected chi connectivity index (χ1v) is 8.56. The standard InChI is InChI=1S/C19H29N3O2.2ClH/c1-5-6-9-24-17-15-10-13(21)7-8-14(15)18(23)22(16(17)11-20)12-19(2,3)4;;/h7-8,10H,5-6,9,11-12,20-21H2,1-4H3;2*1H. The van der Waals surface area contributed by atoms with E-state index in [-0.39, 0.29) is 42.3 Å². The second-order valence-corrected chi connectivity index (χ2v) is 7.44. The molecule has 1 aromatic carbocycles. The van der Waals surface area contributed by atoms with Gasteiger partial charge in [0.1, 0.15) is 5.75 Å². The highest BCUT2D eigenvalue weighted by Crippen LogP contribution is 2.31. The molecule has 0 aliphatic heterocycles. The van der Waals surface area contributed by atoms with Crippen molar-refractivity contribution in [3.05, 3.63) is 34.2 Å². The summed E-state index contributed by atoms with van der Waals surface area (Å²) >= 11 is 0. The minimum absolute atomic E-state index is 0. The van der Waals surface area contributed by atoms with Crippen LogP contribution >= 0.6 is 24.8 Å². The molecule has 0 saturated carbocycles. The second kappa shape index (κ2) is 10.0. The highest BCUT2D eigenvalue weighted by molar-refractivity contribution is 5.90. The summed E-state index contributed by atoms with van der Waals surface area (Å²) in [5.41, 5.74) is 13.2. The number of hydrogen-bond donors (Lipinski definition) is 2. The number of aromatic nitrogens is 1. The topological polar surface area (TPSA) is 83.3 Å². The molecule has 0 radical (unpaired) electrons. The monoisotopic (exact) mass is 403 g/mol. The van der Waals surface area contributed by atoms with Crippen LogP contribution in [-0.4, -0.2) is 11.2 Å². The fourth-order valence-electron chi connectivity index (χ4n) is 2.81. The van der Waals surface area contributed by atoms with Crippen molar-refractivity contribution in [1.82, 2.24) is 4.57 Å². The summed E-state index contributed by atoms with van der Waals surface area (Å²) in [6, 6.07) is 5.33. The van der Waals surface area contributed by atoms with E-state index in [4.69, 9.17) is 16.2 Å². The lowest BCUT2D eigenvalue weighted by atomic mass is 9.96. The van der Waals surface area contributed by atoms with Gasteiger partial charge in [0.15, 0.2) is 0 Å².